The van der Waals surface area contributed by atoms with Gasteiger partial charge in [0.1, 0.15) is 35.2 Å². The molecular weight excluding hydrogens is 524 g/mol. The number of benzene rings is 2. The smallest absolute Gasteiger partial charge is 0.255 e. The highest BCUT2D eigenvalue weighted by atomic mass is 32.2. The molecule has 10 nitrogen and oxygen atoms in total. The van der Waals surface area contributed by atoms with Crippen molar-refractivity contribution in [2.24, 2.45) is 11.7 Å². The van der Waals surface area contributed by atoms with Crippen LogP contribution in [-0.4, -0.2) is 75.8 Å². The number of fused-ring (bicyclic) bond motifs is 3. The van der Waals surface area contributed by atoms with Crippen LogP contribution in [0.15, 0.2) is 70.0 Å². The average molecular weight is 553 g/mol. The molecule has 0 radical (unpaired) electrons. The summed E-state index contributed by atoms with van der Waals surface area (Å²) in [7, 11) is 4.67. The van der Waals surface area contributed by atoms with Crippen LogP contribution in [0, 0.1) is 5.92 Å². The number of nitrogens with zero attached hydrogens (tertiary/aromatic N) is 1. The molecule has 1 aliphatic heterocycles. The molecule has 3 aliphatic rings. The van der Waals surface area contributed by atoms with Gasteiger partial charge in [-0.25, -0.2) is 0 Å². The quantitative estimate of drug-likeness (QED) is 0.392. The normalized spacial score (nSPS) is 26.2. The Kier molecular flexibility index (Phi) is 6.69. The van der Waals surface area contributed by atoms with Crippen molar-refractivity contribution < 1.29 is 39.2 Å². The van der Waals surface area contributed by atoms with Crippen LogP contribution in [0.5, 0.6) is 11.5 Å². The van der Waals surface area contributed by atoms with E-state index in [2.05, 4.69) is 0 Å². The molecule has 2 aromatic carbocycles. The van der Waals surface area contributed by atoms with Crippen molar-refractivity contribution >= 4 is 29.2 Å². The van der Waals surface area contributed by atoms with Crippen LogP contribution in [0.3, 0.4) is 0 Å². The van der Waals surface area contributed by atoms with Gasteiger partial charge < -0.3 is 30.5 Å². The van der Waals surface area contributed by atoms with Gasteiger partial charge in [0.25, 0.3) is 5.91 Å². The summed E-state index contributed by atoms with van der Waals surface area (Å²) in [5.74, 6) is -4.96. The molecule has 5 N–H and O–H groups in total. The fourth-order valence-corrected chi connectivity index (χ4v) is 7.21. The molecule has 1 amide bonds. The number of aliphatic hydroxyl groups excluding tert-OH is 2. The predicted octanol–water partition coefficient (Wildman–Crippen LogP) is 2.30. The first-order valence-corrected chi connectivity index (χ1v) is 13.1. The number of rotatable bonds is 6. The molecule has 0 fully saturated rings. The van der Waals surface area contributed by atoms with E-state index in [0.29, 0.717) is 10.6 Å². The van der Waals surface area contributed by atoms with Gasteiger partial charge in [-0.2, -0.15) is 0 Å². The molecule has 0 aromatic heterocycles. The molecule has 2 aliphatic carbocycles. The molecule has 5 rings (SSSR count). The van der Waals surface area contributed by atoms with Gasteiger partial charge in [0.2, 0.25) is 5.78 Å². The Labute approximate surface area is 228 Å². The predicted molar refractivity (Wildman–Crippen MR) is 142 cm³/mol. The molecule has 0 spiro atoms. The number of carbonyl (C=O) groups excluding carboxylic acids is 3. The minimum absolute atomic E-state index is 0.0225. The average Bonchev–Trinajstić information content (AvgIpc) is 2.89. The summed E-state index contributed by atoms with van der Waals surface area (Å²) in [4.78, 5) is 41.6. The van der Waals surface area contributed by atoms with Gasteiger partial charge in [0.05, 0.1) is 29.2 Å². The highest BCUT2D eigenvalue weighted by Crippen LogP contribution is 2.56. The lowest BCUT2D eigenvalue weighted by molar-refractivity contribution is -0.147. The standard InChI is InChI=1S/C28H28N2O8S/c1-30(2)21-14-11-17-19(25(33)28(14,36)26(34)20(23(21)32)27(29)35)22(31)18-15(9-10-16(37-3)24(18)39-17)38-12-13-7-5-4-6-8-13/h4-10,14,17,21,32-33,36H,11-12H2,1-3H3,(H2,29,35). The second-order valence-electron chi connectivity index (χ2n) is 9.91. The van der Waals surface area contributed by atoms with E-state index in [9.17, 15) is 29.7 Å². The Bertz CT molecular complexity index is 1450. The second-order valence-corrected chi connectivity index (χ2v) is 11.1. The molecule has 11 heteroatoms. The third-order valence-electron chi connectivity index (χ3n) is 7.51. The number of Topliss-reactive ketones (excluding diaryl/α,β-unsaturated/α-hetero) is 2. The third-order valence-corrected chi connectivity index (χ3v) is 8.86. The lowest BCUT2D eigenvalue weighted by Gasteiger charge is -2.49. The van der Waals surface area contributed by atoms with E-state index < -0.39 is 57.4 Å². The SMILES string of the molecule is COc1ccc(OCc2ccccc2)c2c1SC1CC3C(N(C)C)C(O)=C(C(N)=O)C(=O)C3(O)C(O)=C1C2=O. The van der Waals surface area contributed by atoms with Crippen molar-refractivity contribution in [3.63, 3.8) is 0 Å². The number of hydrogen-bond acceptors (Lipinski definition) is 10. The van der Waals surface area contributed by atoms with Gasteiger partial charge in [-0.1, -0.05) is 30.3 Å². The minimum Gasteiger partial charge on any atom is -0.510 e. The van der Waals surface area contributed by atoms with Crippen molar-refractivity contribution in [3.05, 3.63) is 76.3 Å². The van der Waals surface area contributed by atoms with E-state index in [1.807, 2.05) is 30.3 Å². The van der Waals surface area contributed by atoms with Gasteiger partial charge in [-0.15, -0.1) is 11.8 Å². The highest BCUT2D eigenvalue weighted by Gasteiger charge is 2.63. The molecular formula is C28H28N2O8S. The molecule has 4 unspecified atom stereocenters. The van der Waals surface area contributed by atoms with Crippen molar-refractivity contribution in [1.82, 2.24) is 4.90 Å². The van der Waals surface area contributed by atoms with E-state index in [-0.39, 0.29) is 29.9 Å². The third kappa shape index (κ3) is 4.00. The molecule has 0 saturated heterocycles. The number of primary amides is 1. The Hall–Kier alpha value is -3.80. The maximum Gasteiger partial charge on any atom is 0.255 e. The number of thioether (sulfide) groups is 1. The topological polar surface area (TPSA) is 160 Å². The molecule has 204 valence electrons. The Balaban J connectivity index is 1.65. The first-order chi connectivity index (χ1) is 18.5. The summed E-state index contributed by atoms with van der Waals surface area (Å²) in [6, 6.07) is 11.6. The number of carbonyl (C=O) groups is 3. The summed E-state index contributed by atoms with van der Waals surface area (Å²) < 4.78 is 11.5. The number of nitrogens with two attached hydrogens (primary N) is 1. The zero-order valence-corrected chi connectivity index (χ0v) is 22.3. The molecule has 4 atom stereocenters. The number of hydrogen-bond donors (Lipinski definition) is 4. The Morgan fingerprint density at radius 1 is 1.13 bits per heavy atom. The van der Waals surface area contributed by atoms with Gasteiger partial charge in [-0.3, -0.25) is 19.3 Å². The van der Waals surface area contributed by atoms with Crippen LogP contribution in [0.2, 0.25) is 0 Å². The van der Waals surface area contributed by atoms with E-state index in [0.717, 1.165) is 5.56 Å². The van der Waals surface area contributed by atoms with Crippen LogP contribution < -0.4 is 15.2 Å². The maximum atomic E-state index is 14.0. The van der Waals surface area contributed by atoms with Crippen LogP contribution >= 0.6 is 11.8 Å². The zero-order chi connectivity index (χ0) is 28.2. The number of ketones is 2. The van der Waals surface area contributed by atoms with Gasteiger partial charge in [0, 0.05) is 11.2 Å². The summed E-state index contributed by atoms with van der Waals surface area (Å²) in [6.45, 7) is 0.174. The number of aliphatic hydroxyl groups is 3. The molecule has 2 aromatic rings. The number of amides is 1. The van der Waals surface area contributed by atoms with Crippen molar-refractivity contribution in [2.75, 3.05) is 21.2 Å². The molecule has 39 heavy (non-hydrogen) atoms. The Morgan fingerprint density at radius 2 is 1.79 bits per heavy atom. The first kappa shape index (κ1) is 26.8. The monoisotopic (exact) mass is 552 g/mol. The fraction of sp³-hybridized carbons (Fsp3) is 0.321. The van der Waals surface area contributed by atoms with E-state index in [1.165, 1.54) is 23.8 Å². The summed E-state index contributed by atoms with van der Waals surface area (Å²) >= 11 is 1.24. The van der Waals surface area contributed by atoms with Crippen molar-refractivity contribution in [1.29, 1.82) is 0 Å². The lowest BCUT2D eigenvalue weighted by atomic mass is 9.63. The number of methoxy groups -OCH3 is 1. The fourth-order valence-electron chi connectivity index (χ4n) is 5.71. The van der Waals surface area contributed by atoms with Crippen LogP contribution in [0.25, 0.3) is 0 Å². The highest BCUT2D eigenvalue weighted by molar-refractivity contribution is 8.00. The van der Waals surface area contributed by atoms with Crippen molar-refractivity contribution in [3.8, 4) is 11.5 Å². The van der Waals surface area contributed by atoms with Crippen LogP contribution in [0.1, 0.15) is 22.3 Å². The lowest BCUT2D eigenvalue weighted by Crippen LogP contribution is -2.64. The molecule has 0 bridgehead atoms. The summed E-state index contributed by atoms with van der Waals surface area (Å²) in [5.41, 5.74) is 2.78. The van der Waals surface area contributed by atoms with E-state index in [1.54, 1.807) is 26.2 Å². The summed E-state index contributed by atoms with van der Waals surface area (Å²) in [6.07, 6.45) is 0.0225. The second kappa shape index (κ2) is 9.74. The van der Waals surface area contributed by atoms with Gasteiger partial charge >= 0.3 is 0 Å². The largest absolute Gasteiger partial charge is 0.510 e. The van der Waals surface area contributed by atoms with Crippen LogP contribution in [0.4, 0.5) is 0 Å². The number of ether oxygens (including phenoxy) is 2. The van der Waals surface area contributed by atoms with E-state index >= 15 is 0 Å². The number of likely N-dealkylation sites (N-methyl/N-ethyl adjacent to an activating group) is 1. The summed E-state index contributed by atoms with van der Waals surface area (Å²) in [5, 5.41) is 33.4. The molecule has 1 heterocycles. The molecule has 0 saturated carbocycles. The van der Waals surface area contributed by atoms with E-state index in [4.69, 9.17) is 15.2 Å². The Morgan fingerprint density at radius 3 is 2.41 bits per heavy atom. The first-order valence-electron chi connectivity index (χ1n) is 12.2. The van der Waals surface area contributed by atoms with Crippen LogP contribution in [-0.2, 0) is 16.2 Å². The maximum absolute atomic E-state index is 14.0. The van der Waals surface area contributed by atoms with Crippen molar-refractivity contribution in [2.45, 2.75) is 34.8 Å². The van der Waals surface area contributed by atoms with Gasteiger partial charge in [0.15, 0.2) is 11.4 Å². The minimum atomic E-state index is -2.64. The van der Waals surface area contributed by atoms with Gasteiger partial charge in [-0.05, 0) is 38.2 Å². The zero-order valence-electron chi connectivity index (χ0n) is 21.5.